The van der Waals surface area contributed by atoms with Gasteiger partial charge in [-0.1, -0.05) is 65.8 Å². The molecule has 0 saturated heterocycles. The van der Waals surface area contributed by atoms with E-state index in [4.69, 9.17) is 9.26 Å². The van der Waals surface area contributed by atoms with Gasteiger partial charge in [0.15, 0.2) is 0 Å². The Morgan fingerprint density at radius 2 is 1.76 bits per heavy atom. The lowest BCUT2D eigenvalue weighted by atomic mass is 10.2. The van der Waals surface area contributed by atoms with Crippen molar-refractivity contribution in [2.75, 3.05) is 13.2 Å². The van der Waals surface area contributed by atoms with Crippen molar-refractivity contribution in [3.05, 3.63) is 72.1 Å². The summed E-state index contributed by atoms with van der Waals surface area (Å²) < 4.78 is 10.6. The number of amides is 1. The molecule has 25 heavy (non-hydrogen) atoms. The average molecular weight is 337 g/mol. The van der Waals surface area contributed by atoms with Crippen molar-refractivity contribution in [3.63, 3.8) is 0 Å². The standard InChI is InChI=1S/C19H19N3O3/c23-17(14-24-13-15-7-3-1-4-8-15)20-12-11-18-21-19(22-25-18)16-9-5-2-6-10-16/h1-10H,11-14H2,(H,20,23). The van der Waals surface area contributed by atoms with Gasteiger partial charge in [-0.15, -0.1) is 0 Å². The maximum atomic E-state index is 11.7. The van der Waals surface area contributed by atoms with Crippen molar-refractivity contribution in [1.82, 2.24) is 15.5 Å². The Kier molecular flexibility index (Phi) is 5.90. The van der Waals surface area contributed by atoms with Gasteiger partial charge in [-0.05, 0) is 5.56 Å². The topological polar surface area (TPSA) is 77.2 Å². The third kappa shape index (κ3) is 5.26. The second-order valence-electron chi connectivity index (χ2n) is 5.46. The third-order valence-electron chi connectivity index (χ3n) is 3.51. The van der Waals surface area contributed by atoms with E-state index in [0.29, 0.717) is 31.3 Å². The maximum Gasteiger partial charge on any atom is 0.246 e. The van der Waals surface area contributed by atoms with E-state index < -0.39 is 0 Å². The normalized spacial score (nSPS) is 10.6. The Morgan fingerprint density at radius 3 is 2.52 bits per heavy atom. The molecule has 1 aromatic heterocycles. The van der Waals surface area contributed by atoms with Crippen LogP contribution in [0.1, 0.15) is 11.5 Å². The summed E-state index contributed by atoms with van der Waals surface area (Å²) in [6, 6.07) is 19.3. The van der Waals surface area contributed by atoms with E-state index >= 15 is 0 Å². The van der Waals surface area contributed by atoms with Crippen molar-refractivity contribution in [1.29, 1.82) is 0 Å². The van der Waals surface area contributed by atoms with Gasteiger partial charge in [0.05, 0.1) is 6.61 Å². The predicted octanol–water partition coefficient (Wildman–Crippen LogP) is 2.61. The van der Waals surface area contributed by atoms with Crippen LogP contribution in [0.5, 0.6) is 0 Å². The summed E-state index contributed by atoms with van der Waals surface area (Å²) in [6.45, 7) is 0.857. The number of carbonyl (C=O) groups is 1. The lowest BCUT2D eigenvalue weighted by Gasteiger charge is -2.05. The van der Waals surface area contributed by atoms with Crippen LogP contribution in [-0.2, 0) is 22.6 Å². The molecule has 0 spiro atoms. The first-order chi connectivity index (χ1) is 12.3. The number of aromatic nitrogens is 2. The number of benzene rings is 2. The molecule has 0 aliphatic heterocycles. The first-order valence-electron chi connectivity index (χ1n) is 8.07. The molecule has 0 aliphatic carbocycles. The summed E-state index contributed by atoms with van der Waals surface area (Å²) in [5, 5.41) is 6.72. The van der Waals surface area contributed by atoms with Crippen molar-refractivity contribution in [2.45, 2.75) is 13.0 Å². The van der Waals surface area contributed by atoms with Gasteiger partial charge in [0.1, 0.15) is 6.61 Å². The molecular formula is C19H19N3O3. The monoisotopic (exact) mass is 337 g/mol. The first-order valence-corrected chi connectivity index (χ1v) is 8.07. The molecule has 0 atom stereocenters. The van der Waals surface area contributed by atoms with Gasteiger partial charge in [-0.25, -0.2) is 0 Å². The van der Waals surface area contributed by atoms with Crippen LogP contribution >= 0.6 is 0 Å². The lowest BCUT2D eigenvalue weighted by molar-refractivity contribution is -0.126. The molecule has 1 N–H and O–H groups in total. The minimum Gasteiger partial charge on any atom is -0.367 e. The van der Waals surface area contributed by atoms with Crippen LogP contribution in [-0.4, -0.2) is 29.2 Å². The molecule has 1 heterocycles. The second-order valence-corrected chi connectivity index (χ2v) is 5.46. The van der Waals surface area contributed by atoms with Crippen LogP contribution in [0.3, 0.4) is 0 Å². The zero-order chi connectivity index (χ0) is 17.3. The fourth-order valence-electron chi connectivity index (χ4n) is 2.26. The smallest absolute Gasteiger partial charge is 0.246 e. The second kappa shape index (κ2) is 8.75. The van der Waals surface area contributed by atoms with E-state index in [1.54, 1.807) is 0 Å². The Bertz CT molecular complexity index is 788. The molecule has 0 saturated carbocycles. The molecule has 3 aromatic rings. The number of hydrogen-bond donors (Lipinski definition) is 1. The van der Waals surface area contributed by atoms with Crippen molar-refractivity contribution in [2.24, 2.45) is 0 Å². The van der Waals surface area contributed by atoms with Gasteiger partial charge in [0, 0.05) is 18.5 Å². The Hall–Kier alpha value is -2.99. The van der Waals surface area contributed by atoms with Crippen LogP contribution < -0.4 is 5.32 Å². The SMILES string of the molecule is O=C(COCc1ccccc1)NCCc1nc(-c2ccccc2)no1. The molecule has 0 unspecified atom stereocenters. The van der Waals surface area contributed by atoms with E-state index in [1.807, 2.05) is 60.7 Å². The number of hydrogen-bond acceptors (Lipinski definition) is 5. The first kappa shape index (κ1) is 16.9. The minimum absolute atomic E-state index is 0.0218. The van der Waals surface area contributed by atoms with Crippen LogP contribution in [0.4, 0.5) is 0 Å². The average Bonchev–Trinajstić information content (AvgIpc) is 3.12. The van der Waals surface area contributed by atoms with E-state index in [1.165, 1.54) is 0 Å². The molecule has 2 aromatic carbocycles. The molecule has 0 bridgehead atoms. The zero-order valence-electron chi connectivity index (χ0n) is 13.7. The number of nitrogens with zero attached hydrogens (tertiary/aromatic N) is 2. The van der Waals surface area contributed by atoms with E-state index in [2.05, 4.69) is 15.5 Å². The fraction of sp³-hybridized carbons (Fsp3) is 0.211. The van der Waals surface area contributed by atoms with Crippen molar-refractivity contribution in [3.8, 4) is 11.4 Å². The largest absolute Gasteiger partial charge is 0.367 e. The van der Waals surface area contributed by atoms with Gasteiger partial charge in [0.2, 0.25) is 17.6 Å². The number of rotatable bonds is 8. The maximum absolute atomic E-state index is 11.7. The lowest BCUT2D eigenvalue weighted by Crippen LogP contribution is -2.29. The summed E-state index contributed by atoms with van der Waals surface area (Å²) in [6.07, 6.45) is 0.476. The summed E-state index contributed by atoms with van der Waals surface area (Å²) in [7, 11) is 0. The highest BCUT2D eigenvalue weighted by atomic mass is 16.5. The number of carbonyl (C=O) groups excluding carboxylic acids is 1. The highest BCUT2D eigenvalue weighted by Crippen LogP contribution is 2.14. The molecule has 128 valence electrons. The van der Waals surface area contributed by atoms with Crippen LogP contribution in [0.15, 0.2) is 65.2 Å². The quantitative estimate of drug-likeness (QED) is 0.684. The Morgan fingerprint density at radius 1 is 1.04 bits per heavy atom. The van der Waals surface area contributed by atoms with Crippen molar-refractivity contribution >= 4 is 5.91 Å². The highest BCUT2D eigenvalue weighted by Gasteiger charge is 2.08. The minimum atomic E-state index is -0.168. The van der Waals surface area contributed by atoms with E-state index in [9.17, 15) is 4.79 Å². The van der Waals surface area contributed by atoms with E-state index in [0.717, 1.165) is 11.1 Å². The van der Waals surface area contributed by atoms with E-state index in [-0.39, 0.29) is 12.5 Å². The van der Waals surface area contributed by atoms with Gasteiger partial charge in [0.25, 0.3) is 0 Å². The zero-order valence-corrected chi connectivity index (χ0v) is 13.7. The molecule has 0 aliphatic rings. The summed E-state index contributed by atoms with van der Waals surface area (Å²) in [5.41, 5.74) is 1.94. The molecule has 0 fully saturated rings. The Labute approximate surface area is 145 Å². The summed E-state index contributed by atoms with van der Waals surface area (Å²) in [5.74, 6) is 0.871. The van der Waals surface area contributed by atoms with Crippen LogP contribution in [0, 0.1) is 0 Å². The van der Waals surface area contributed by atoms with Gasteiger partial charge in [-0.2, -0.15) is 4.98 Å². The summed E-state index contributed by atoms with van der Waals surface area (Å²) in [4.78, 5) is 16.1. The van der Waals surface area contributed by atoms with Crippen LogP contribution in [0.2, 0.25) is 0 Å². The Balaban J connectivity index is 1.36. The van der Waals surface area contributed by atoms with Crippen LogP contribution in [0.25, 0.3) is 11.4 Å². The summed E-state index contributed by atoms with van der Waals surface area (Å²) >= 11 is 0. The predicted molar refractivity (Wildman–Crippen MR) is 92.5 cm³/mol. The molecule has 1 amide bonds. The van der Waals surface area contributed by atoms with Crippen molar-refractivity contribution < 1.29 is 14.1 Å². The molecular weight excluding hydrogens is 318 g/mol. The molecule has 0 radical (unpaired) electrons. The fourth-order valence-corrected chi connectivity index (χ4v) is 2.26. The highest BCUT2D eigenvalue weighted by molar-refractivity contribution is 5.77. The number of ether oxygens (including phenoxy) is 1. The molecule has 6 nitrogen and oxygen atoms in total. The number of nitrogens with one attached hydrogen (secondary N) is 1. The van der Waals surface area contributed by atoms with Gasteiger partial charge >= 0.3 is 0 Å². The van der Waals surface area contributed by atoms with Gasteiger partial charge < -0.3 is 14.6 Å². The van der Waals surface area contributed by atoms with Gasteiger partial charge in [-0.3, -0.25) is 4.79 Å². The third-order valence-corrected chi connectivity index (χ3v) is 3.51. The molecule has 6 heteroatoms. The molecule has 3 rings (SSSR count).